The average molecular weight is 274 g/mol. The molecule has 0 unspecified atom stereocenters. The van der Waals surface area contributed by atoms with Crippen LogP contribution in [0, 0.1) is 6.92 Å². The Morgan fingerprint density at radius 1 is 1.32 bits per heavy atom. The van der Waals surface area contributed by atoms with Gasteiger partial charge in [0.2, 0.25) is 0 Å². The maximum Gasteiger partial charge on any atom is 0.268 e. The number of carbonyl (C=O) groups excluding carboxylic acids is 1. The van der Waals surface area contributed by atoms with Gasteiger partial charge in [-0.3, -0.25) is 4.79 Å². The molecular formula is C15H18N2OS. The van der Waals surface area contributed by atoms with Crippen molar-refractivity contribution in [1.29, 1.82) is 0 Å². The molecule has 100 valence electrons. The van der Waals surface area contributed by atoms with E-state index >= 15 is 0 Å². The molecule has 3 nitrogen and oxygen atoms in total. The van der Waals surface area contributed by atoms with E-state index in [1.807, 2.05) is 42.6 Å². The van der Waals surface area contributed by atoms with Crippen molar-refractivity contribution in [3.63, 3.8) is 0 Å². The van der Waals surface area contributed by atoms with E-state index in [4.69, 9.17) is 5.73 Å². The van der Waals surface area contributed by atoms with Gasteiger partial charge in [0.15, 0.2) is 0 Å². The van der Waals surface area contributed by atoms with Crippen LogP contribution >= 0.6 is 11.3 Å². The number of hydrogen-bond acceptors (Lipinski definition) is 3. The minimum absolute atomic E-state index is 0.0345. The number of rotatable bonds is 4. The highest BCUT2D eigenvalue weighted by Crippen LogP contribution is 2.27. The third-order valence-corrected chi connectivity index (χ3v) is 3.98. The summed E-state index contributed by atoms with van der Waals surface area (Å²) in [6.45, 7) is 4.69. The summed E-state index contributed by atoms with van der Waals surface area (Å²) in [5.41, 5.74) is 8.44. The van der Waals surface area contributed by atoms with Crippen LogP contribution in [0.15, 0.2) is 35.7 Å². The van der Waals surface area contributed by atoms with Crippen LogP contribution in [0.4, 0.5) is 11.4 Å². The lowest BCUT2D eigenvalue weighted by molar-refractivity contribution is 0.0990. The first kappa shape index (κ1) is 13.6. The lowest BCUT2D eigenvalue weighted by atomic mass is 10.2. The van der Waals surface area contributed by atoms with Gasteiger partial charge < -0.3 is 10.6 Å². The predicted octanol–water partition coefficient (Wildman–Crippen LogP) is 3.70. The molecule has 1 aromatic heterocycles. The summed E-state index contributed by atoms with van der Waals surface area (Å²) >= 11 is 1.48. The second kappa shape index (κ2) is 5.89. The SMILES string of the molecule is CCCN(C(=O)c1sccc1C)c1ccccc1N. The second-order valence-electron chi connectivity index (χ2n) is 4.45. The molecule has 0 atom stereocenters. The third-order valence-electron chi connectivity index (χ3n) is 2.98. The van der Waals surface area contributed by atoms with Gasteiger partial charge in [-0.15, -0.1) is 11.3 Å². The number of thiophene rings is 1. The Balaban J connectivity index is 2.39. The van der Waals surface area contributed by atoms with E-state index in [9.17, 15) is 4.79 Å². The van der Waals surface area contributed by atoms with Crippen LogP contribution in [-0.2, 0) is 0 Å². The van der Waals surface area contributed by atoms with Crippen molar-refractivity contribution >= 4 is 28.6 Å². The molecule has 0 aliphatic rings. The molecule has 0 bridgehead atoms. The van der Waals surface area contributed by atoms with E-state index in [2.05, 4.69) is 6.92 Å². The number of hydrogen-bond donors (Lipinski definition) is 1. The van der Waals surface area contributed by atoms with Crippen molar-refractivity contribution in [2.45, 2.75) is 20.3 Å². The number of aryl methyl sites for hydroxylation is 1. The lowest BCUT2D eigenvalue weighted by Gasteiger charge is -2.23. The van der Waals surface area contributed by atoms with Crippen LogP contribution in [0.5, 0.6) is 0 Å². The van der Waals surface area contributed by atoms with Crippen LogP contribution < -0.4 is 10.6 Å². The van der Waals surface area contributed by atoms with Crippen LogP contribution in [0.3, 0.4) is 0 Å². The molecule has 0 radical (unpaired) electrons. The van der Waals surface area contributed by atoms with Crippen LogP contribution in [0.25, 0.3) is 0 Å². The molecule has 0 spiro atoms. The van der Waals surface area contributed by atoms with Gasteiger partial charge in [-0.2, -0.15) is 0 Å². The van der Waals surface area contributed by atoms with Crippen molar-refractivity contribution in [3.05, 3.63) is 46.2 Å². The molecule has 0 saturated heterocycles. The van der Waals surface area contributed by atoms with Gasteiger partial charge in [0, 0.05) is 6.54 Å². The van der Waals surface area contributed by atoms with Crippen molar-refractivity contribution in [3.8, 4) is 0 Å². The van der Waals surface area contributed by atoms with Gasteiger partial charge in [0.05, 0.1) is 16.3 Å². The highest BCUT2D eigenvalue weighted by Gasteiger charge is 2.21. The van der Waals surface area contributed by atoms with E-state index in [0.29, 0.717) is 12.2 Å². The molecule has 2 rings (SSSR count). The maximum atomic E-state index is 12.7. The highest BCUT2D eigenvalue weighted by atomic mass is 32.1. The van der Waals surface area contributed by atoms with Gasteiger partial charge in [-0.05, 0) is 42.5 Å². The molecule has 0 aliphatic carbocycles. The van der Waals surface area contributed by atoms with Gasteiger partial charge >= 0.3 is 0 Å². The number of anilines is 2. The molecule has 0 aliphatic heterocycles. The molecule has 1 amide bonds. The van der Waals surface area contributed by atoms with Crippen LogP contribution in [0.1, 0.15) is 28.6 Å². The van der Waals surface area contributed by atoms with E-state index < -0.39 is 0 Å². The molecule has 4 heteroatoms. The fourth-order valence-electron chi connectivity index (χ4n) is 2.00. The highest BCUT2D eigenvalue weighted by molar-refractivity contribution is 7.12. The zero-order valence-electron chi connectivity index (χ0n) is 11.2. The first-order valence-corrected chi connectivity index (χ1v) is 7.23. The quantitative estimate of drug-likeness (QED) is 0.864. The minimum Gasteiger partial charge on any atom is -0.397 e. The maximum absolute atomic E-state index is 12.7. The summed E-state index contributed by atoms with van der Waals surface area (Å²) in [4.78, 5) is 15.2. The normalized spacial score (nSPS) is 10.4. The van der Waals surface area contributed by atoms with Crippen LogP contribution in [0.2, 0.25) is 0 Å². The third kappa shape index (κ3) is 2.79. The molecular weight excluding hydrogens is 256 g/mol. The Morgan fingerprint density at radius 3 is 2.63 bits per heavy atom. The van der Waals surface area contributed by atoms with Crippen molar-refractivity contribution in [2.24, 2.45) is 0 Å². The molecule has 19 heavy (non-hydrogen) atoms. The Kier molecular flexibility index (Phi) is 4.22. The molecule has 1 aromatic carbocycles. The molecule has 2 aromatic rings. The first-order chi connectivity index (χ1) is 9.15. The topological polar surface area (TPSA) is 46.3 Å². The van der Waals surface area contributed by atoms with E-state index in [1.165, 1.54) is 11.3 Å². The van der Waals surface area contributed by atoms with Crippen molar-refractivity contribution < 1.29 is 4.79 Å². The number of para-hydroxylation sites is 2. The smallest absolute Gasteiger partial charge is 0.268 e. The Hall–Kier alpha value is -1.81. The van der Waals surface area contributed by atoms with Gasteiger partial charge in [0.1, 0.15) is 0 Å². The van der Waals surface area contributed by atoms with Crippen LogP contribution in [-0.4, -0.2) is 12.5 Å². The van der Waals surface area contributed by atoms with Crippen molar-refractivity contribution in [2.75, 3.05) is 17.2 Å². The molecule has 0 fully saturated rings. The first-order valence-electron chi connectivity index (χ1n) is 6.35. The number of nitrogens with two attached hydrogens (primary N) is 1. The van der Waals surface area contributed by atoms with Gasteiger partial charge in [-0.25, -0.2) is 0 Å². The monoisotopic (exact) mass is 274 g/mol. The van der Waals surface area contributed by atoms with E-state index in [1.54, 1.807) is 4.90 Å². The number of nitrogens with zero attached hydrogens (tertiary/aromatic N) is 1. The molecule has 0 saturated carbocycles. The second-order valence-corrected chi connectivity index (χ2v) is 5.36. The summed E-state index contributed by atoms with van der Waals surface area (Å²) in [6.07, 6.45) is 0.893. The minimum atomic E-state index is 0.0345. The summed E-state index contributed by atoms with van der Waals surface area (Å²) in [5, 5.41) is 1.95. The standard InChI is InChI=1S/C15H18N2OS/c1-3-9-17(13-7-5-4-6-12(13)16)15(18)14-11(2)8-10-19-14/h4-8,10H,3,9,16H2,1-2H3. The average Bonchev–Trinajstić information content (AvgIpc) is 2.82. The Morgan fingerprint density at radius 2 is 2.05 bits per heavy atom. The number of nitrogen functional groups attached to an aromatic ring is 1. The Bertz CT molecular complexity index is 577. The molecule has 1 heterocycles. The predicted molar refractivity (Wildman–Crippen MR) is 81.9 cm³/mol. The summed E-state index contributed by atoms with van der Waals surface area (Å²) in [5.74, 6) is 0.0345. The summed E-state index contributed by atoms with van der Waals surface area (Å²) < 4.78 is 0. The summed E-state index contributed by atoms with van der Waals surface area (Å²) in [6, 6.07) is 9.47. The zero-order chi connectivity index (χ0) is 13.8. The van der Waals surface area contributed by atoms with E-state index in [0.717, 1.165) is 22.5 Å². The fraction of sp³-hybridized carbons (Fsp3) is 0.267. The zero-order valence-corrected chi connectivity index (χ0v) is 12.0. The lowest BCUT2D eigenvalue weighted by Crippen LogP contribution is -2.32. The number of amides is 1. The van der Waals surface area contributed by atoms with E-state index in [-0.39, 0.29) is 5.91 Å². The Labute approximate surface area is 117 Å². The van der Waals surface area contributed by atoms with Gasteiger partial charge in [-0.1, -0.05) is 19.1 Å². The van der Waals surface area contributed by atoms with Gasteiger partial charge in [0.25, 0.3) is 5.91 Å². The fourth-order valence-corrected chi connectivity index (χ4v) is 2.88. The number of carbonyl (C=O) groups is 1. The summed E-state index contributed by atoms with van der Waals surface area (Å²) in [7, 11) is 0. The van der Waals surface area contributed by atoms with Crippen molar-refractivity contribution in [1.82, 2.24) is 0 Å². The number of benzene rings is 1. The largest absolute Gasteiger partial charge is 0.397 e. The molecule has 2 N–H and O–H groups in total.